The number of nitrogens with zero attached hydrogens (tertiary/aromatic N) is 2. The van der Waals surface area contributed by atoms with Crippen LogP contribution < -0.4 is 10.6 Å². The maximum Gasteiger partial charge on any atom is 0.326 e. The molecule has 5 heteroatoms. The molecule has 0 atom stereocenters. The quantitative estimate of drug-likeness (QED) is 0.658. The van der Waals surface area contributed by atoms with Gasteiger partial charge in [-0.3, -0.25) is 10.3 Å². The van der Waals surface area contributed by atoms with Crippen molar-refractivity contribution in [1.82, 2.24) is 10.2 Å². The molecule has 2 amide bonds. The summed E-state index contributed by atoms with van der Waals surface area (Å²) in [6, 6.07) is 5.83. The first kappa shape index (κ1) is 16.0. The summed E-state index contributed by atoms with van der Waals surface area (Å²) in [4.78, 5) is 17.9. The van der Waals surface area contributed by atoms with Crippen LogP contribution in [0.25, 0.3) is 0 Å². The number of anilines is 1. The Morgan fingerprint density at radius 1 is 1.20 bits per heavy atom. The molecule has 0 fully saturated rings. The first-order valence-electron chi connectivity index (χ1n) is 6.86. The minimum Gasteiger partial charge on any atom is -0.349 e. The second-order valence-electron chi connectivity index (χ2n) is 4.68. The van der Waals surface area contributed by atoms with Crippen LogP contribution in [0, 0.1) is 0 Å². The van der Waals surface area contributed by atoms with Gasteiger partial charge in [0.05, 0.1) is 0 Å². The van der Waals surface area contributed by atoms with Gasteiger partial charge in [0.2, 0.25) is 5.96 Å². The average molecular weight is 276 g/mol. The minimum atomic E-state index is -0.269. The fourth-order valence-corrected chi connectivity index (χ4v) is 2.02. The van der Waals surface area contributed by atoms with Crippen LogP contribution in [-0.2, 0) is 12.8 Å². The molecule has 0 spiro atoms. The molecule has 1 aromatic rings. The predicted molar refractivity (Wildman–Crippen MR) is 84.4 cm³/mol. The largest absolute Gasteiger partial charge is 0.349 e. The van der Waals surface area contributed by atoms with Gasteiger partial charge in [-0.25, -0.2) is 4.79 Å². The van der Waals surface area contributed by atoms with E-state index in [0.717, 1.165) is 29.7 Å². The molecule has 0 aliphatic rings. The minimum absolute atomic E-state index is 0.269. The van der Waals surface area contributed by atoms with Crippen LogP contribution in [-0.4, -0.2) is 38.0 Å². The van der Waals surface area contributed by atoms with Crippen molar-refractivity contribution in [2.75, 3.05) is 26.5 Å². The zero-order chi connectivity index (χ0) is 15.1. The van der Waals surface area contributed by atoms with Crippen molar-refractivity contribution in [2.24, 2.45) is 4.99 Å². The smallest absolute Gasteiger partial charge is 0.326 e. The summed E-state index contributed by atoms with van der Waals surface area (Å²) in [5.41, 5.74) is 3.18. The highest BCUT2D eigenvalue weighted by Gasteiger charge is 2.12. The Labute approximate surface area is 121 Å². The van der Waals surface area contributed by atoms with E-state index in [1.54, 1.807) is 11.9 Å². The molecule has 5 nitrogen and oxygen atoms in total. The summed E-state index contributed by atoms with van der Waals surface area (Å²) in [7, 11) is 5.31. The van der Waals surface area contributed by atoms with Crippen molar-refractivity contribution >= 4 is 17.7 Å². The van der Waals surface area contributed by atoms with Crippen LogP contribution in [0.5, 0.6) is 0 Å². The molecule has 2 N–H and O–H groups in total. The normalized spacial score (nSPS) is 11.2. The number of carbonyl (C=O) groups is 1. The van der Waals surface area contributed by atoms with Gasteiger partial charge in [-0.1, -0.05) is 32.0 Å². The van der Waals surface area contributed by atoms with E-state index in [1.165, 1.54) is 0 Å². The number of amides is 2. The molecule has 1 rings (SSSR count). The molecule has 0 aliphatic heterocycles. The molecular weight excluding hydrogens is 252 g/mol. The summed E-state index contributed by atoms with van der Waals surface area (Å²) in [5, 5.41) is 5.69. The number of aryl methyl sites for hydroxylation is 2. The van der Waals surface area contributed by atoms with Crippen molar-refractivity contribution in [2.45, 2.75) is 26.7 Å². The van der Waals surface area contributed by atoms with E-state index in [0.29, 0.717) is 5.96 Å². The number of hydrogen-bond acceptors (Lipinski definition) is 2. The lowest BCUT2D eigenvalue weighted by Gasteiger charge is -2.18. The number of para-hydroxylation sites is 1. The average Bonchev–Trinajstić information content (AvgIpc) is 2.44. The summed E-state index contributed by atoms with van der Waals surface area (Å²) in [5.74, 6) is 0.523. The number of benzene rings is 1. The van der Waals surface area contributed by atoms with Gasteiger partial charge in [0.15, 0.2) is 0 Å². The van der Waals surface area contributed by atoms with Crippen LogP contribution in [0.3, 0.4) is 0 Å². The van der Waals surface area contributed by atoms with Crippen LogP contribution in [0.15, 0.2) is 23.2 Å². The SMILES string of the molecule is CCc1cccc(CC)c1NC(=O)NC(=NC)N(C)C. The van der Waals surface area contributed by atoms with Crippen LogP contribution in [0.4, 0.5) is 10.5 Å². The zero-order valence-corrected chi connectivity index (χ0v) is 12.9. The molecule has 0 aliphatic carbocycles. The first-order chi connectivity index (χ1) is 9.53. The van der Waals surface area contributed by atoms with Gasteiger partial charge in [-0.15, -0.1) is 0 Å². The highest BCUT2D eigenvalue weighted by atomic mass is 16.2. The van der Waals surface area contributed by atoms with Crippen LogP contribution >= 0.6 is 0 Å². The van der Waals surface area contributed by atoms with E-state index in [9.17, 15) is 4.79 Å². The van der Waals surface area contributed by atoms with Gasteiger partial charge in [-0.05, 0) is 24.0 Å². The van der Waals surface area contributed by atoms with E-state index >= 15 is 0 Å². The van der Waals surface area contributed by atoms with Crippen molar-refractivity contribution in [3.63, 3.8) is 0 Å². The van der Waals surface area contributed by atoms with Crippen molar-refractivity contribution in [3.05, 3.63) is 29.3 Å². The Hall–Kier alpha value is -2.04. The van der Waals surface area contributed by atoms with E-state index in [4.69, 9.17) is 0 Å². The van der Waals surface area contributed by atoms with E-state index in [2.05, 4.69) is 29.5 Å². The van der Waals surface area contributed by atoms with Crippen molar-refractivity contribution < 1.29 is 4.79 Å². The lowest BCUT2D eigenvalue weighted by Crippen LogP contribution is -2.42. The summed E-state index contributed by atoms with van der Waals surface area (Å²) >= 11 is 0. The molecular formula is C15H24N4O. The first-order valence-corrected chi connectivity index (χ1v) is 6.86. The molecule has 110 valence electrons. The Morgan fingerprint density at radius 2 is 1.75 bits per heavy atom. The van der Waals surface area contributed by atoms with Gasteiger partial charge in [0.25, 0.3) is 0 Å². The Bertz CT molecular complexity index is 472. The second kappa shape index (κ2) is 7.53. The molecule has 0 aromatic heterocycles. The Morgan fingerprint density at radius 3 is 2.15 bits per heavy atom. The van der Waals surface area contributed by atoms with E-state index < -0.39 is 0 Å². The molecule has 1 aromatic carbocycles. The van der Waals surface area contributed by atoms with Gasteiger partial charge < -0.3 is 10.2 Å². The predicted octanol–water partition coefficient (Wildman–Crippen LogP) is 2.48. The molecule has 0 saturated heterocycles. The van der Waals surface area contributed by atoms with Gasteiger partial charge in [-0.2, -0.15) is 0 Å². The van der Waals surface area contributed by atoms with Crippen molar-refractivity contribution in [1.29, 1.82) is 0 Å². The maximum absolute atomic E-state index is 12.1. The summed E-state index contributed by atoms with van der Waals surface area (Å²) in [6.45, 7) is 4.16. The molecule has 20 heavy (non-hydrogen) atoms. The Kier molecular flexibility index (Phi) is 6.03. The van der Waals surface area contributed by atoms with Gasteiger partial charge in [0, 0.05) is 26.8 Å². The number of aliphatic imine (C=N–C) groups is 1. The number of guanidine groups is 1. The van der Waals surface area contributed by atoms with E-state index in [-0.39, 0.29) is 6.03 Å². The topological polar surface area (TPSA) is 56.7 Å². The molecule has 0 radical (unpaired) electrons. The zero-order valence-electron chi connectivity index (χ0n) is 12.9. The number of rotatable bonds is 3. The lowest BCUT2D eigenvalue weighted by atomic mass is 10.0. The highest BCUT2D eigenvalue weighted by molar-refractivity contribution is 6.02. The number of hydrogen-bond donors (Lipinski definition) is 2. The number of nitrogens with one attached hydrogen (secondary N) is 2. The second-order valence-corrected chi connectivity index (χ2v) is 4.68. The standard InChI is InChI=1S/C15H24N4O/c1-6-11-9-8-10-12(7-2)13(11)17-15(20)18-14(16-3)19(4)5/h8-10H,6-7H2,1-5H3,(H2,16,17,18,20). The third-order valence-corrected chi connectivity index (χ3v) is 3.10. The highest BCUT2D eigenvalue weighted by Crippen LogP contribution is 2.22. The molecule has 0 saturated carbocycles. The fraction of sp³-hybridized carbons (Fsp3) is 0.467. The monoisotopic (exact) mass is 276 g/mol. The van der Waals surface area contributed by atoms with Gasteiger partial charge in [0.1, 0.15) is 0 Å². The van der Waals surface area contributed by atoms with E-state index in [1.807, 2.05) is 32.3 Å². The number of carbonyl (C=O) groups excluding carboxylic acids is 1. The molecule has 0 heterocycles. The summed E-state index contributed by atoms with van der Waals surface area (Å²) in [6.07, 6.45) is 1.76. The molecule has 0 bridgehead atoms. The third-order valence-electron chi connectivity index (χ3n) is 3.10. The molecule has 0 unspecified atom stereocenters. The number of urea groups is 1. The van der Waals surface area contributed by atoms with Gasteiger partial charge >= 0.3 is 6.03 Å². The maximum atomic E-state index is 12.1. The van der Waals surface area contributed by atoms with Crippen molar-refractivity contribution in [3.8, 4) is 0 Å². The summed E-state index contributed by atoms with van der Waals surface area (Å²) < 4.78 is 0. The van der Waals surface area contributed by atoms with Crippen LogP contribution in [0.2, 0.25) is 0 Å². The fourth-order valence-electron chi connectivity index (χ4n) is 2.02. The van der Waals surface area contributed by atoms with Crippen LogP contribution in [0.1, 0.15) is 25.0 Å². The Balaban J connectivity index is 2.90. The lowest BCUT2D eigenvalue weighted by molar-refractivity contribution is 0.255. The third kappa shape index (κ3) is 3.98.